The van der Waals surface area contributed by atoms with Crippen molar-refractivity contribution in [2.45, 2.75) is 44.9 Å². The predicted octanol–water partition coefficient (Wildman–Crippen LogP) is 2.86. The number of nitrogens with two attached hydrogens (primary N) is 1. The van der Waals surface area contributed by atoms with Crippen molar-refractivity contribution in [1.29, 1.82) is 0 Å². The molecule has 0 saturated carbocycles. The van der Waals surface area contributed by atoms with Gasteiger partial charge in [-0.2, -0.15) is 0 Å². The third-order valence-corrected chi connectivity index (χ3v) is 3.71. The van der Waals surface area contributed by atoms with E-state index in [9.17, 15) is 0 Å². The van der Waals surface area contributed by atoms with Gasteiger partial charge in [0.25, 0.3) is 0 Å². The van der Waals surface area contributed by atoms with E-state index < -0.39 is 0 Å². The minimum Gasteiger partial charge on any atom is -0.496 e. The van der Waals surface area contributed by atoms with Gasteiger partial charge in [0, 0.05) is 0 Å². The Balaban J connectivity index is 2.36. The van der Waals surface area contributed by atoms with Crippen LogP contribution in [-0.4, -0.2) is 13.7 Å². The quantitative estimate of drug-likeness (QED) is 0.812. The van der Waals surface area contributed by atoms with Crippen LogP contribution in [0.3, 0.4) is 0 Å². The molecule has 0 heterocycles. The van der Waals surface area contributed by atoms with Crippen molar-refractivity contribution in [2.75, 3.05) is 13.7 Å². The first-order chi connectivity index (χ1) is 8.36. The van der Waals surface area contributed by atoms with Gasteiger partial charge in [0.05, 0.1) is 7.11 Å². The molecule has 2 nitrogen and oxygen atoms in total. The molecular weight excluding hydrogens is 210 g/mol. The second kappa shape index (κ2) is 6.06. The fourth-order valence-corrected chi connectivity index (χ4v) is 2.80. The van der Waals surface area contributed by atoms with Crippen LogP contribution >= 0.6 is 0 Å². The number of fused-ring (bicyclic) bond motifs is 1. The highest BCUT2D eigenvalue weighted by atomic mass is 16.5. The summed E-state index contributed by atoms with van der Waals surface area (Å²) in [4.78, 5) is 0. The van der Waals surface area contributed by atoms with E-state index in [2.05, 4.69) is 12.1 Å². The lowest BCUT2D eigenvalue weighted by Crippen LogP contribution is -2.06. The van der Waals surface area contributed by atoms with Gasteiger partial charge in [0.15, 0.2) is 0 Å². The van der Waals surface area contributed by atoms with Gasteiger partial charge in [0.2, 0.25) is 0 Å². The Morgan fingerprint density at radius 2 is 2.00 bits per heavy atom. The lowest BCUT2D eigenvalue weighted by Gasteiger charge is -2.16. The fourth-order valence-electron chi connectivity index (χ4n) is 2.80. The molecule has 0 saturated heterocycles. The molecule has 1 aromatic carbocycles. The van der Waals surface area contributed by atoms with Gasteiger partial charge < -0.3 is 10.5 Å². The van der Waals surface area contributed by atoms with Crippen LogP contribution in [0, 0.1) is 0 Å². The minimum absolute atomic E-state index is 0.757. The maximum absolute atomic E-state index is 5.63. The number of hydrogen-bond acceptors (Lipinski definition) is 2. The summed E-state index contributed by atoms with van der Waals surface area (Å²) in [5, 5.41) is 0. The van der Waals surface area contributed by atoms with Crippen LogP contribution in [0.15, 0.2) is 12.1 Å². The highest BCUT2D eigenvalue weighted by molar-refractivity contribution is 5.46. The zero-order valence-corrected chi connectivity index (χ0v) is 10.8. The van der Waals surface area contributed by atoms with Gasteiger partial charge >= 0.3 is 0 Å². The standard InChI is InChI=1S/C15H23NO/c1-17-15-10-9-12-6-3-2-4-7-13(12)14(15)8-5-11-16/h9-10H,2-8,11,16H2,1H3. The van der Waals surface area contributed by atoms with E-state index in [4.69, 9.17) is 10.5 Å². The molecule has 0 unspecified atom stereocenters. The largest absolute Gasteiger partial charge is 0.496 e. The third kappa shape index (κ3) is 2.81. The average Bonchev–Trinajstić information content (AvgIpc) is 2.60. The Morgan fingerprint density at radius 1 is 1.18 bits per heavy atom. The van der Waals surface area contributed by atoms with Crippen molar-refractivity contribution in [3.63, 3.8) is 0 Å². The summed E-state index contributed by atoms with van der Waals surface area (Å²) in [5.41, 5.74) is 10.1. The molecule has 2 N–H and O–H groups in total. The number of rotatable bonds is 4. The lowest BCUT2D eigenvalue weighted by molar-refractivity contribution is 0.408. The molecule has 0 fully saturated rings. The molecular formula is C15H23NO. The molecule has 0 bridgehead atoms. The van der Waals surface area contributed by atoms with Gasteiger partial charge in [-0.15, -0.1) is 0 Å². The minimum atomic E-state index is 0.757. The summed E-state index contributed by atoms with van der Waals surface area (Å²) in [6.45, 7) is 0.757. The van der Waals surface area contributed by atoms with E-state index in [1.54, 1.807) is 12.7 Å². The maximum Gasteiger partial charge on any atom is 0.122 e. The van der Waals surface area contributed by atoms with Crippen LogP contribution in [0.1, 0.15) is 42.4 Å². The van der Waals surface area contributed by atoms with Crippen molar-refractivity contribution in [1.82, 2.24) is 0 Å². The van der Waals surface area contributed by atoms with Gasteiger partial charge in [-0.05, 0) is 67.8 Å². The molecule has 1 aliphatic rings. The molecule has 0 atom stereocenters. The van der Waals surface area contributed by atoms with Gasteiger partial charge in [-0.3, -0.25) is 0 Å². The molecule has 0 aromatic heterocycles. The van der Waals surface area contributed by atoms with Gasteiger partial charge in [0.1, 0.15) is 5.75 Å². The second-order valence-corrected chi connectivity index (χ2v) is 4.84. The second-order valence-electron chi connectivity index (χ2n) is 4.84. The van der Waals surface area contributed by atoms with E-state index >= 15 is 0 Å². The van der Waals surface area contributed by atoms with Crippen LogP contribution in [0.4, 0.5) is 0 Å². The van der Waals surface area contributed by atoms with E-state index in [1.807, 2.05) is 0 Å². The topological polar surface area (TPSA) is 35.2 Å². The molecule has 1 aromatic rings. The SMILES string of the molecule is COc1ccc2c(c1CCCN)CCCCC2. The molecule has 1 aliphatic carbocycles. The van der Waals surface area contributed by atoms with Crippen molar-refractivity contribution in [3.8, 4) is 5.75 Å². The normalized spacial score (nSPS) is 15.2. The summed E-state index contributed by atoms with van der Waals surface area (Å²) in [5.74, 6) is 1.05. The van der Waals surface area contributed by atoms with Crippen molar-refractivity contribution >= 4 is 0 Å². The molecule has 0 spiro atoms. The van der Waals surface area contributed by atoms with E-state index in [-0.39, 0.29) is 0 Å². The van der Waals surface area contributed by atoms with Gasteiger partial charge in [-0.1, -0.05) is 12.5 Å². The zero-order chi connectivity index (χ0) is 12.1. The average molecular weight is 233 g/mol. The summed E-state index contributed by atoms with van der Waals surface area (Å²) in [6.07, 6.45) is 8.55. The fraction of sp³-hybridized carbons (Fsp3) is 0.600. The molecule has 2 heteroatoms. The summed E-state index contributed by atoms with van der Waals surface area (Å²) in [6, 6.07) is 4.39. The summed E-state index contributed by atoms with van der Waals surface area (Å²) < 4.78 is 5.51. The molecule has 0 radical (unpaired) electrons. The number of aryl methyl sites for hydroxylation is 1. The first-order valence-electron chi connectivity index (χ1n) is 6.74. The predicted molar refractivity (Wildman–Crippen MR) is 71.6 cm³/mol. The van der Waals surface area contributed by atoms with Crippen LogP contribution in [0.2, 0.25) is 0 Å². The Bertz CT molecular complexity index is 373. The first-order valence-corrected chi connectivity index (χ1v) is 6.74. The van der Waals surface area contributed by atoms with E-state index in [1.165, 1.54) is 43.2 Å². The highest BCUT2D eigenvalue weighted by Crippen LogP contribution is 2.31. The van der Waals surface area contributed by atoms with Crippen LogP contribution in [-0.2, 0) is 19.3 Å². The smallest absolute Gasteiger partial charge is 0.122 e. The number of ether oxygens (including phenoxy) is 1. The first kappa shape index (κ1) is 12.4. The summed E-state index contributed by atoms with van der Waals surface area (Å²) >= 11 is 0. The molecule has 94 valence electrons. The van der Waals surface area contributed by atoms with Gasteiger partial charge in [-0.25, -0.2) is 0 Å². The highest BCUT2D eigenvalue weighted by Gasteiger charge is 2.15. The number of benzene rings is 1. The van der Waals surface area contributed by atoms with E-state index in [0.29, 0.717) is 0 Å². The Hall–Kier alpha value is -1.02. The number of methoxy groups -OCH3 is 1. The Labute approximate surface area is 104 Å². The van der Waals surface area contributed by atoms with Crippen LogP contribution < -0.4 is 10.5 Å². The Morgan fingerprint density at radius 3 is 2.76 bits per heavy atom. The van der Waals surface area contributed by atoms with E-state index in [0.717, 1.165) is 25.1 Å². The number of hydrogen-bond donors (Lipinski definition) is 1. The molecule has 0 aliphatic heterocycles. The molecule has 0 amide bonds. The zero-order valence-electron chi connectivity index (χ0n) is 10.8. The Kier molecular flexibility index (Phi) is 4.43. The van der Waals surface area contributed by atoms with Crippen molar-refractivity contribution in [3.05, 3.63) is 28.8 Å². The van der Waals surface area contributed by atoms with Crippen molar-refractivity contribution < 1.29 is 4.74 Å². The summed E-state index contributed by atoms with van der Waals surface area (Å²) in [7, 11) is 1.77. The van der Waals surface area contributed by atoms with Crippen LogP contribution in [0.5, 0.6) is 5.75 Å². The third-order valence-electron chi connectivity index (χ3n) is 3.71. The monoisotopic (exact) mass is 233 g/mol. The molecule has 2 rings (SSSR count). The maximum atomic E-state index is 5.63. The van der Waals surface area contributed by atoms with Crippen LogP contribution in [0.25, 0.3) is 0 Å². The van der Waals surface area contributed by atoms with Crippen molar-refractivity contribution in [2.24, 2.45) is 5.73 Å². The lowest BCUT2D eigenvalue weighted by atomic mass is 9.93. The molecule has 17 heavy (non-hydrogen) atoms.